The lowest BCUT2D eigenvalue weighted by atomic mass is 10.2. The molecule has 0 aromatic carbocycles. The van der Waals surface area contributed by atoms with E-state index in [0.29, 0.717) is 23.3 Å². The second-order valence-corrected chi connectivity index (χ2v) is 6.25. The first kappa shape index (κ1) is 16.1. The average Bonchev–Trinajstić information content (AvgIpc) is 3.14. The van der Waals surface area contributed by atoms with Crippen molar-refractivity contribution in [3.05, 3.63) is 37.1 Å². The van der Waals surface area contributed by atoms with Gasteiger partial charge in [0.25, 0.3) is 0 Å². The zero-order chi connectivity index (χ0) is 18.3. The maximum atomic E-state index is 12.2. The molecule has 4 rings (SSSR count). The molecule has 0 unspecified atom stereocenters. The number of likely N-dealkylation sites (N-methyl/N-ethyl adjacent to an activating group) is 1. The van der Waals surface area contributed by atoms with E-state index in [1.807, 2.05) is 18.7 Å². The molecule has 0 bridgehead atoms. The Morgan fingerprint density at radius 1 is 1.08 bits per heavy atom. The fourth-order valence-corrected chi connectivity index (χ4v) is 2.85. The molecular weight excluding hydrogens is 332 g/mol. The number of rotatable bonds is 3. The third-order valence-corrected chi connectivity index (χ3v) is 4.30. The number of carbonyl (C=O) groups is 1. The smallest absolute Gasteiger partial charge is 0.246 e. The summed E-state index contributed by atoms with van der Waals surface area (Å²) in [6.07, 6.45) is 8.42. The van der Waals surface area contributed by atoms with Crippen molar-refractivity contribution in [2.75, 3.05) is 23.4 Å². The van der Waals surface area contributed by atoms with Gasteiger partial charge in [-0.2, -0.15) is 4.98 Å². The van der Waals surface area contributed by atoms with Crippen LogP contribution in [0, 0.1) is 0 Å². The SMILES string of the molecule is CC(C)N1CC(=O)N(C)c2cnc(-n3ccnc3-c3ncccn3)nc21. The van der Waals surface area contributed by atoms with Crippen molar-refractivity contribution in [2.24, 2.45) is 0 Å². The second-order valence-electron chi connectivity index (χ2n) is 6.25. The van der Waals surface area contributed by atoms with E-state index in [-0.39, 0.29) is 18.5 Å². The second kappa shape index (κ2) is 6.17. The monoisotopic (exact) mass is 350 g/mol. The Labute approximate surface area is 150 Å². The van der Waals surface area contributed by atoms with Crippen LogP contribution in [-0.4, -0.2) is 55.0 Å². The van der Waals surface area contributed by atoms with Crippen molar-refractivity contribution in [2.45, 2.75) is 19.9 Å². The van der Waals surface area contributed by atoms with Crippen LogP contribution in [0.4, 0.5) is 11.5 Å². The van der Waals surface area contributed by atoms with Gasteiger partial charge in [0.05, 0.1) is 12.7 Å². The van der Waals surface area contributed by atoms with Crippen LogP contribution >= 0.6 is 0 Å². The summed E-state index contributed by atoms with van der Waals surface area (Å²) in [5.41, 5.74) is 0.691. The molecule has 0 atom stereocenters. The highest BCUT2D eigenvalue weighted by Gasteiger charge is 2.30. The van der Waals surface area contributed by atoms with Crippen molar-refractivity contribution in [1.29, 1.82) is 0 Å². The first-order valence-corrected chi connectivity index (χ1v) is 8.27. The molecule has 4 heterocycles. The van der Waals surface area contributed by atoms with Crippen LogP contribution in [0.15, 0.2) is 37.1 Å². The van der Waals surface area contributed by atoms with Crippen molar-refractivity contribution >= 4 is 17.4 Å². The number of imidazole rings is 1. The van der Waals surface area contributed by atoms with Crippen LogP contribution in [0.25, 0.3) is 17.6 Å². The predicted octanol–water partition coefficient (Wildman–Crippen LogP) is 1.31. The van der Waals surface area contributed by atoms with E-state index < -0.39 is 0 Å². The molecule has 132 valence electrons. The summed E-state index contributed by atoms with van der Waals surface area (Å²) in [6.45, 7) is 4.35. The van der Waals surface area contributed by atoms with E-state index in [1.165, 1.54) is 0 Å². The highest BCUT2D eigenvalue weighted by atomic mass is 16.2. The minimum absolute atomic E-state index is 0.0172. The first-order chi connectivity index (χ1) is 12.6. The number of nitrogens with zero attached hydrogens (tertiary/aromatic N) is 8. The number of hydrogen-bond acceptors (Lipinski definition) is 7. The van der Waals surface area contributed by atoms with Crippen molar-refractivity contribution in [3.63, 3.8) is 0 Å². The summed E-state index contributed by atoms with van der Waals surface area (Å²) in [6, 6.07) is 1.88. The lowest BCUT2D eigenvalue weighted by Crippen LogP contribution is -2.47. The molecule has 3 aromatic heterocycles. The normalized spacial score (nSPS) is 14.1. The number of anilines is 2. The van der Waals surface area contributed by atoms with Crippen LogP contribution in [0.1, 0.15) is 13.8 Å². The molecule has 1 amide bonds. The van der Waals surface area contributed by atoms with E-state index in [9.17, 15) is 4.79 Å². The van der Waals surface area contributed by atoms with Crippen molar-refractivity contribution in [1.82, 2.24) is 29.5 Å². The van der Waals surface area contributed by atoms with Gasteiger partial charge >= 0.3 is 0 Å². The van der Waals surface area contributed by atoms with Gasteiger partial charge in [-0.05, 0) is 19.9 Å². The predicted molar refractivity (Wildman–Crippen MR) is 96.1 cm³/mol. The van der Waals surface area contributed by atoms with Gasteiger partial charge in [-0.3, -0.25) is 9.36 Å². The number of carbonyl (C=O) groups excluding carboxylic acids is 1. The fourth-order valence-electron chi connectivity index (χ4n) is 2.85. The van der Waals surface area contributed by atoms with Crippen LogP contribution in [0.5, 0.6) is 0 Å². The van der Waals surface area contributed by atoms with Gasteiger partial charge in [0.15, 0.2) is 17.5 Å². The molecule has 0 fully saturated rings. The van der Waals surface area contributed by atoms with Crippen LogP contribution in [0.2, 0.25) is 0 Å². The van der Waals surface area contributed by atoms with Gasteiger partial charge < -0.3 is 9.80 Å². The number of fused-ring (bicyclic) bond motifs is 1. The van der Waals surface area contributed by atoms with E-state index >= 15 is 0 Å². The largest absolute Gasteiger partial charge is 0.343 e. The maximum absolute atomic E-state index is 12.2. The third-order valence-electron chi connectivity index (χ3n) is 4.30. The zero-order valence-corrected chi connectivity index (χ0v) is 14.7. The average molecular weight is 350 g/mol. The van der Waals surface area contributed by atoms with Gasteiger partial charge in [0.2, 0.25) is 11.9 Å². The molecule has 9 heteroatoms. The minimum atomic E-state index is 0.0172. The summed E-state index contributed by atoms with van der Waals surface area (Å²) in [5.74, 6) is 2.25. The lowest BCUT2D eigenvalue weighted by molar-refractivity contribution is -0.117. The van der Waals surface area contributed by atoms with Gasteiger partial charge in [0.1, 0.15) is 5.69 Å². The molecule has 0 saturated heterocycles. The maximum Gasteiger partial charge on any atom is 0.246 e. The Kier molecular flexibility index (Phi) is 3.83. The molecule has 0 aliphatic carbocycles. The topological polar surface area (TPSA) is 92.9 Å². The summed E-state index contributed by atoms with van der Waals surface area (Å²) < 4.78 is 1.74. The highest BCUT2D eigenvalue weighted by Crippen LogP contribution is 2.32. The number of amides is 1. The Balaban J connectivity index is 1.83. The number of hydrogen-bond donors (Lipinski definition) is 0. The van der Waals surface area contributed by atoms with Gasteiger partial charge in [-0.25, -0.2) is 19.9 Å². The van der Waals surface area contributed by atoms with Crippen molar-refractivity contribution in [3.8, 4) is 17.6 Å². The molecule has 0 spiro atoms. The van der Waals surface area contributed by atoms with E-state index in [1.54, 1.807) is 53.6 Å². The van der Waals surface area contributed by atoms with E-state index in [0.717, 1.165) is 5.82 Å². The summed E-state index contributed by atoms with van der Waals surface area (Å²) >= 11 is 0. The molecule has 3 aromatic rings. The van der Waals surface area contributed by atoms with Crippen LogP contribution < -0.4 is 9.80 Å². The third kappa shape index (κ3) is 2.57. The van der Waals surface area contributed by atoms with Crippen LogP contribution in [0.3, 0.4) is 0 Å². The standard InChI is InChI=1S/C17H18N8O/c1-11(2)25-10-13(26)23(3)12-9-21-17(22-15(12)25)24-8-7-20-16(24)14-18-5-4-6-19-14/h4-9,11H,10H2,1-3H3. The molecule has 0 N–H and O–H groups in total. The lowest BCUT2D eigenvalue weighted by Gasteiger charge is -2.36. The Morgan fingerprint density at radius 2 is 1.85 bits per heavy atom. The highest BCUT2D eigenvalue weighted by molar-refractivity contribution is 6.01. The molecule has 1 aliphatic rings. The number of aromatic nitrogens is 6. The molecular formula is C17H18N8O. The van der Waals surface area contributed by atoms with Gasteiger partial charge in [-0.1, -0.05) is 0 Å². The van der Waals surface area contributed by atoms with Gasteiger partial charge in [0, 0.05) is 37.9 Å². The van der Waals surface area contributed by atoms with Gasteiger partial charge in [-0.15, -0.1) is 0 Å². The molecule has 0 radical (unpaired) electrons. The zero-order valence-electron chi connectivity index (χ0n) is 14.7. The van der Waals surface area contributed by atoms with E-state index in [2.05, 4.69) is 19.9 Å². The molecule has 9 nitrogen and oxygen atoms in total. The van der Waals surface area contributed by atoms with E-state index in [4.69, 9.17) is 4.98 Å². The fraction of sp³-hybridized carbons (Fsp3) is 0.294. The molecule has 1 aliphatic heterocycles. The van der Waals surface area contributed by atoms with Crippen molar-refractivity contribution < 1.29 is 4.79 Å². The molecule has 26 heavy (non-hydrogen) atoms. The first-order valence-electron chi connectivity index (χ1n) is 8.27. The Hall–Kier alpha value is -3.36. The summed E-state index contributed by atoms with van der Waals surface area (Å²) in [4.78, 5) is 37.8. The molecule has 0 saturated carbocycles. The van der Waals surface area contributed by atoms with Crippen LogP contribution in [-0.2, 0) is 4.79 Å². The summed E-state index contributed by atoms with van der Waals surface area (Å²) in [5, 5.41) is 0. The minimum Gasteiger partial charge on any atom is -0.343 e. The Bertz CT molecular complexity index is 952. The quantitative estimate of drug-likeness (QED) is 0.703. The summed E-state index contributed by atoms with van der Waals surface area (Å²) in [7, 11) is 1.74. The Morgan fingerprint density at radius 3 is 2.58 bits per heavy atom.